The maximum Gasteiger partial charge on any atom is 0.258 e. The van der Waals surface area contributed by atoms with Crippen LogP contribution in [0.25, 0.3) is 0 Å². The van der Waals surface area contributed by atoms with Gasteiger partial charge in [0.2, 0.25) is 0 Å². The minimum Gasteiger partial charge on any atom is -0.490 e. The molecule has 3 aromatic rings. The fourth-order valence-corrected chi connectivity index (χ4v) is 4.26. The number of hydrogen-bond acceptors (Lipinski definition) is 4. The molecule has 34 heavy (non-hydrogen) atoms. The van der Waals surface area contributed by atoms with Crippen molar-refractivity contribution >= 4 is 21.8 Å². The molecule has 0 atom stereocenters. The second-order valence-corrected chi connectivity index (χ2v) is 9.91. The molecule has 3 rings (SSSR count). The largest absolute Gasteiger partial charge is 0.490 e. The van der Waals surface area contributed by atoms with Gasteiger partial charge >= 0.3 is 0 Å². The topological polar surface area (TPSA) is 59.6 Å². The van der Waals surface area contributed by atoms with Gasteiger partial charge in [-0.3, -0.25) is 4.79 Å². The quantitative estimate of drug-likeness (QED) is 0.340. The van der Waals surface area contributed by atoms with Crippen molar-refractivity contribution in [2.45, 2.75) is 45.8 Å². The number of hydrogen-bond donors (Lipinski definition) is 2. The van der Waals surface area contributed by atoms with Gasteiger partial charge in [0.15, 0.2) is 18.1 Å². The van der Waals surface area contributed by atoms with Gasteiger partial charge in [0, 0.05) is 12.1 Å². The lowest BCUT2D eigenvalue weighted by Gasteiger charge is -2.22. The Bertz CT molecular complexity index is 1030. The SMILES string of the molecule is CCOc1cc(CNC(c2ccccc2)c2ccccc2)cc(Br)c1OCC(=O)NC(C)(C)C. The van der Waals surface area contributed by atoms with Crippen molar-refractivity contribution in [1.82, 2.24) is 10.6 Å². The molecule has 0 aliphatic carbocycles. The summed E-state index contributed by atoms with van der Waals surface area (Å²) in [7, 11) is 0. The van der Waals surface area contributed by atoms with Gasteiger partial charge in [0.25, 0.3) is 5.91 Å². The second-order valence-electron chi connectivity index (χ2n) is 9.06. The summed E-state index contributed by atoms with van der Waals surface area (Å²) >= 11 is 3.61. The average molecular weight is 525 g/mol. The molecule has 0 saturated heterocycles. The van der Waals surface area contributed by atoms with E-state index in [1.807, 2.05) is 52.0 Å². The number of halogens is 1. The molecule has 0 heterocycles. The fourth-order valence-electron chi connectivity index (χ4n) is 3.66. The van der Waals surface area contributed by atoms with Crippen LogP contribution in [0.2, 0.25) is 0 Å². The summed E-state index contributed by atoms with van der Waals surface area (Å²) in [6.45, 7) is 8.76. The fraction of sp³-hybridized carbons (Fsp3) is 0.321. The molecule has 2 N–H and O–H groups in total. The third-order valence-corrected chi connectivity index (χ3v) is 5.60. The molecule has 6 heteroatoms. The number of carbonyl (C=O) groups excluding carboxylic acids is 1. The van der Waals surface area contributed by atoms with Gasteiger partial charge in [-0.05, 0) is 72.4 Å². The summed E-state index contributed by atoms with van der Waals surface area (Å²) in [5.41, 5.74) is 3.12. The Labute approximate surface area is 211 Å². The van der Waals surface area contributed by atoms with Crippen LogP contribution in [0.1, 0.15) is 50.4 Å². The van der Waals surface area contributed by atoms with Gasteiger partial charge in [0.1, 0.15) is 0 Å². The average Bonchev–Trinajstić information content (AvgIpc) is 2.79. The molecule has 0 fully saturated rings. The lowest BCUT2D eigenvalue weighted by atomic mass is 9.98. The van der Waals surface area contributed by atoms with Crippen LogP contribution in [0.4, 0.5) is 0 Å². The molecule has 0 bridgehead atoms. The van der Waals surface area contributed by atoms with E-state index < -0.39 is 0 Å². The zero-order valence-corrected chi connectivity index (χ0v) is 21.8. The number of rotatable bonds is 10. The van der Waals surface area contributed by atoms with Gasteiger partial charge in [0.05, 0.1) is 17.1 Å². The number of nitrogens with one attached hydrogen (secondary N) is 2. The molecule has 5 nitrogen and oxygen atoms in total. The molecule has 0 aromatic heterocycles. The van der Waals surface area contributed by atoms with E-state index in [-0.39, 0.29) is 24.1 Å². The Balaban J connectivity index is 1.78. The molecule has 0 unspecified atom stereocenters. The summed E-state index contributed by atoms with van der Waals surface area (Å²) in [5, 5.41) is 6.58. The van der Waals surface area contributed by atoms with Crippen molar-refractivity contribution in [3.63, 3.8) is 0 Å². The van der Waals surface area contributed by atoms with E-state index in [1.165, 1.54) is 11.1 Å². The second kappa shape index (κ2) is 12.0. The minimum absolute atomic E-state index is 0.0498. The van der Waals surface area contributed by atoms with Crippen LogP contribution in [0, 0.1) is 0 Å². The van der Waals surface area contributed by atoms with E-state index in [9.17, 15) is 4.79 Å². The standard InChI is InChI=1S/C28H33BrN2O3/c1-5-33-24-17-20(16-23(29)27(24)34-19-25(32)31-28(2,3)4)18-30-26(21-12-8-6-9-13-21)22-14-10-7-11-15-22/h6-17,26,30H,5,18-19H2,1-4H3,(H,31,32). The number of ether oxygens (including phenoxy) is 2. The first-order valence-corrected chi connectivity index (χ1v) is 12.3. The predicted molar refractivity (Wildman–Crippen MR) is 140 cm³/mol. The Morgan fingerprint density at radius 1 is 0.941 bits per heavy atom. The number of carbonyl (C=O) groups is 1. The zero-order valence-electron chi connectivity index (χ0n) is 20.2. The Kier molecular flexibility index (Phi) is 9.13. The van der Waals surface area contributed by atoms with Crippen LogP contribution >= 0.6 is 15.9 Å². The van der Waals surface area contributed by atoms with Crippen LogP contribution in [0.3, 0.4) is 0 Å². The normalized spacial score (nSPS) is 11.4. The molecule has 0 saturated carbocycles. The van der Waals surface area contributed by atoms with Crippen molar-refractivity contribution in [2.24, 2.45) is 0 Å². The van der Waals surface area contributed by atoms with E-state index >= 15 is 0 Å². The summed E-state index contributed by atoms with van der Waals surface area (Å²) in [4.78, 5) is 12.2. The molecule has 1 amide bonds. The third-order valence-electron chi connectivity index (χ3n) is 5.01. The minimum atomic E-state index is -0.315. The van der Waals surface area contributed by atoms with Crippen molar-refractivity contribution < 1.29 is 14.3 Å². The van der Waals surface area contributed by atoms with Crippen molar-refractivity contribution in [1.29, 1.82) is 0 Å². The maximum absolute atomic E-state index is 12.2. The first-order valence-electron chi connectivity index (χ1n) is 11.5. The van der Waals surface area contributed by atoms with Gasteiger partial charge in [-0.1, -0.05) is 60.7 Å². The lowest BCUT2D eigenvalue weighted by Crippen LogP contribution is -2.43. The van der Waals surface area contributed by atoms with E-state index in [0.29, 0.717) is 24.7 Å². The van der Waals surface area contributed by atoms with E-state index in [0.717, 1.165) is 10.0 Å². The summed E-state index contributed by atoms with van der Waals surface area (Å²) in [6, 6.07) is 24.8. The highest BCUT2D eigenvalue weighted by Gasteiger charge is 2.18. The van der Waals surface area contributed by atoms with E-state index in [2.05, 4.69) is 75.1 Å². The Morgan fingerprint density at radius 2 is 1.53 bits per heavy atom. The van der Waals surface area contributed by atoms with Crippen LogP contribution in [-0.2, 0) is 11.3 Å². The zero-order chi connectivity index (χ0) is 24.6. The van der Waals surface area contributed by atoms with Crippen LogP contribution in [0.15, 0.2) is 77.3 Å². The summed E-state index contributed by atoms with van der Waals surface area (Å²) < 4.78 is 12.4. The monoisotopic (exact) mass is 524 g/mol. The van der Waals surface area contributed by atoms with Crippen molar-refractivity contribution in [3.05, 3.63) is 94.0 Å². The molecule has 0 spiro atoms. The van der Waals surface area contributed by atoms with Gasteiger partial charge in [-0.15, -0.1) is 0 Å². The highest BCUT2D eigenvalue weighted by Crippen LogP contribution is 2.37. The lowest BCUT2D eigenvalue weighted by molar-refractivity contribution is -0.124. The first kappa shape index (κ1) is 25.8. The smallest absolute Gasteiger partial charge is 0.258 e. The van der Waals surface area contributed by atoms with Crippen molar-refractivity contribution in [3.8, 4) is 11.5 Å². The van der Waals surface area contributed by atoms with E-state index in [4.69, 9.17) is 9.47 Å². The summed E-state index contributed by atoms with van der Waals surface area (Å²) in [6.07, 6.45) is 0. The Hall–Kier alpha value is -2.83. The molecule has 180 valence electrons. The highest BCUT2D eigenvalue weighted by atomic mass is 79.9. The summed E-state index contributed by atoms with van der Waals surface area (Å²) in [5.74, 6) is 0.951. The first-order chi connectivity index (χ1) is 16.3. The van der Waals surface area contributed by atoms with Crippen LogP contribution in [-0.4, -0.2) is 24.7 Å². The molecule has 0 aliphatic rings. The maximum atomic E-state index is 12.2. The highest BCUT2D eigenvalue weighted by molar-refractivity contribution is 9.10. The van der Waals surface area contributed by atoms with Crippen LogP contribution in [0.5, 0.6) is 11.5 Å². The van der Waals surface area contributed by atoms with Gasteiger partial charge in [-0.25, -0.2) is 0 Å². The van der Waals surface area contributed by atoms with Gasteiger partial charge < -0.3 is 20.1 Å². The molecular weight excluding hydrogens is 492 g/mol. The van der Waals surface area contributed by atoms with Crippen molar-refractivity contribution in [2.75, 3.05) is 13.2 Å². The van der Waals surface area contributed by atoms with E-state index in [1.54, 1.807) is 0 Å². The number of benzene rings is 3. The number of amides is 1. The third kappa shape index (κ3) is 7.61. The van der Waals surface area contributed by atoms with Crippen LogP contribution < -0.4 is 20.1 Å². The molecular formula is C28H33BrN2O3. The molecule has 0 aliphatic heterocycles. The molecule has 0 radical (unpaired) electrons. The molecule has 3 aromatic carbocycles. The Morgan fingerprint density at radius 3 is 2.06 bits per heavy atom. The van der Waals surface area contributed by atoms with Gasteiger partial charge in [-0.2, -0.15) is 0 Å². The predicted octanol–water partition coefficient (Wildman–Crippen LogP) is 6.02.